The van der Waals surface area contributed by atoms with Gasteiger partial charge in [-0.25, -0.2) is 0 Å². The average molecular weight is 478 g/mol. The second kappa shape index (κ2) is 20.2. The SMILES string of the molecule is CCC=CCC=CCC=CCC=CCC=CCCCC(=O)N(C)CCN(C)C(=O)c1cccnc1. The molecule has 0 aliphatic carbocycles. The number of hydrogen-bond acceptors (Lipinski definition) is 3. The lowest BCUT2D eigenvalue weighted by Crippen LogP contribution is -2.37. The summed E-state index contributed by atoms with van der Waals surface area (Å²) in [5.74, 6) is 0.0249. The van der Waals surface area contributed by atoms with Crippen LogP contribution in [0.3, 0.4) is 0 Å². The number of amides is 2. The van der Waals surface area contributed by atoms with Crippen molar-refractivity contribution in [3.05, 3.63) is 90.9 Å². The first-order valence-electron chi connectivity index (χ1n) is 12.7. The summed E-state index contributed by atoms with van der Waals surface area (Å²) in [5.41, 5.74) is 0.557. The lowest BCUT2D eigenvalue weighted by atomic mass is 10.2. The van der Waals surface area contributed by atoms with E-state index in [0.717, 1.165) is 44.9 Å². The number of carbonyl (C=O) groups is 2. The minimum absolute atomic E-state index is 0.0858. The maximum atomic E-state index is 12.3. The number of pyridine rings is 1. The molecule has 0 bridgehead atoms. The average Bonchev–Trinajstić information content (AvgIpc) is 2.88. The zero-order chi connectivity index (χ0) is 25.6. The summed E-state index contributed by atoms with van der Waals surface area (Å²) in [6, 6.07) is 3.49. The van der Waals surface area contributed by atoms with Crippen molar-refractivity contribution < 1.29 is 9.59 Å². The minimum atomic E-state index is -0.0858. The van der Waals surface area contributed by atoms with Gasteiger partial charge < -0.3 is 9.80 Å². The Balaban J connectivity index is 2.08. The fraction of sp³-hybridized carbons (Fsp3) is 0.433. The maximum absolute atomic E-state index is 12.3. The molecule has 2 amide bonds. The van der Waals surface area contributed by atoms with Crippen LogP contribution in [0.25, 0.3) is 0 Å². The van der Waals surface area contributed by atoms with Crippen molar-refractivity contribution in [1.82, 2.24) is 14.8 Å². The second-order valence-electron chi connectivity index (χ2n) is 8.38. The number of likely N-dealkylation sites (N-methyl/N-ethyl adjacent to an activating group) is 2. The quantitative estimate of drug-likeness (QED) is 0.189. The molecule has 0 N–H and O–H groups in total. The highest BCUT2D eigenvalue weighted by atomic mass is 16.2. The number of hydrogen-bond donors (Lipinski definition) is 0. The molecule has 0 saturated heterocycles. The van der Waals surface area contributed by atoms with E-state index >= 15 is 0 Å². The molecule has 5 heteroatoms. The predicted octanol–water partition coefficient (Wildman–Crippen LogP) is 6.53. The van der Waals surface area contributed by atoms with E-state index in [1.54, 1.807) is 48.4 Å². The highest BCUT2D eigenvalue weighted by Crippen LogP contribution is 2.04. The molecule has 5 nitrogen and oxygen atoms in total. The highest BCUT2D eigenvalue weighted by molar-refractivity contribution is 5.93. The van der Waals surface area contributed by atoms with Crippen LogP contribution in [0.5, 0.6) is 0 Å². The van der Waals surface area contributed by atoms with Gasteiger partial charge in [-0.05, 0) is 57.1 Å². The van der Waals surface area contributed by atoms with E-state index in [1.807, 2.05) is 0 Å². The number of rotatable bonds is 17. The molecule has 1 aromatic rings. The minimum Gasteiger partial charge on any atom is -0.344 e. The number of nitrogens with zero attached hydrogens (tertiary/aromatic N) is 3. The van der Waals surface area contributed by atoms with Crippen molar-refractivity contribution in [3.63, 3.8) is 0 Å². The molecule has 0 aliphatic heterocycles. The molecule has 1 aromatic heterocycles. The first-order chi connectivity index (χ1) is 17.1. The Morgan fingerprint density at radius 2 is 1.34 bits per heavy atom. The summed E-state index contributed by atoms with van der Waals surface area (Å²) in [6.07, 6.45) is 32.3. The summed E-state index contributed by atoms with van der Waals surface area (Å²) < 4.78 is 0. The Bertz CT molecular complexity index is 854. The third kappa shape index (κ3) is 15.3. The molecular formula is C30H43N3O2. The molecule has 0 saturated carbocycles. The molecule has 1 rings (SSSR count). The lowest BCUT2D eigenvalue weighted by molar-refractivity contribution is -0.130. The van der Waals surface area contributed by atoms with Crippen molar-refractivity contribution in [2.45, 2.75) is 58.3 Å². The Kier molecular flexibility index (Phi) is 17.2. The van der Waals surface area contributed by atoms with Gasteiger partial charge in [-0.3, -0.25) is 14.6 Å². The molecule has 0 spiro atoms. The Morgan fingerprint density at radius 3 is 1.89 bits per heavy atom. The van der Waals surface area contributed by atoms with Crippen LogP contribution in [0.15, 0.2) is 85.3 Å². The summed E-state index contributed by atoms with van der Waals surface area (Å²) in [6.45, 7) is 3.16. The van der Waals surface area contributed by atoms with E-state index in [-0.39, 0.29) is 11.8 Å². The molecule has 0 aliphatic rings. The van der Waals surface area contributed by atoms with Gasteiger partial charge >= 0.3 is 0 Å². The van der Waals surface area contributed by atoms with Gasteiger partial charge in [0, 0.05) is 46.0 Å². The maximum Gasteiger partial charge on any atom is 0.255 e. The molecule has 35 heavy (non-hydrogen) atoms. The van der Waals surface area contributed by atoms with Crippen LogP contribution in [-0.4, -0.2) is 53.8 Å². The van der Waals surface area contributed by atoms with Crippen LogP contribution >= 0.6 is 0 Å². The standard InChI is InChI=1S/C30H43N3O2/c1-4-5-6-7-8-9-10-11-12-13-14-15-16-17-18-19-20-23-29(34)32(2)25-26-33(3)30(35)28-22-21-24-31-27-28/h5-6,8-9,11-12,14-15,17-18,21-22,24,27H,4,7,10,13,16,19-20,23,25-26H2,1-3H3. The smallest absolute Gasteiger partial charge is 0.255 e. The third-order valence-electron chi connectivity index (χ3n) is 5.37. The van der Waals surface area contributed by atoms with Crippen molar-refractivity contribution in [2.75, 3.05) is 27.2 Å². The number of unbranched alkanes of at least 4 members (excludes halogenated alkanes) is 1. The zero-order valence-corrected chi connectivity index (χ0v) is 21.8. The van der Waals surface area contributed by atoms with Gasteiger partial charge in [-0.2, -0.15) is 0 Å². The Hall–Kier alpha value is -3.21. The van der Waals surface area contributed by atoms with E-state index in [9.17, 15) is 9.59 Å². The van der Waals surface area contributed by atoms with Crippen molar-refractivity contribution in [3.8, 4) is 0 Å². The van der Waals surface area contributed by atoms with Gasteiger partial charge in [0.05, 0.1) is 5.56 Å². The van der Waals surface area contributed by atoms with Gasteiger partial charge in [-0.1, -0.05) is 67.7 Å². The highest BCUT2D eigenvalue weighted by Gasteiger charge is 2.14. The van der Waals surface area contributed by atoms with Gasteiger partial charge in [-0.15, -0.1) is 0 Å². The fourth-order valence-corrected chi connectivity index (χ4v) is 3.17. The lowest BCUT2D eigenvalue weighted by Gasteiger charge is -2.22. The van der Waals surface area contributed by atoms with Crippen LogP contribution in [0.4, 0.5) is 0 Å². The number of allylic oxidation sites excluding steroid dienone is 10. The van der Waals surface area contributed by atoms with Crippen molar-refractivity contribution in [2.24, 2.45) is 0 Å². The van der Waals surface area contributed by atoms with Crippen LogP contribution < -0.4 is 0 Å². The molecule has 190 valence electrons. The first-order valence-corrected chi connectivity index (χ1v) is 12.7. The van der Waals surface area contributed by atoms with Crippen molar-refractivity contribution in [1.29, 1.82) is 0 Å². The van der Waals surface area contributed by atoms with Crippen LogP contribution in [0.1, 0.15) is 68.6 Å². The molecule has 0 unspecified atom stereocenters. The van der Waals surface area contributed by atoms with Crippen LogP contribution in [-0.2, 0) is 4.79 Å². The van der Waals surface area contributed by atoms with Crippen LogP contribution in [0.2, 0.25) is 0 Å². The van der Waals surface area contributed by atoms with Crippen LogP contribution in [0, 0.1) is 0 Å². The van der Waals surface area contributed by atoms with E-state index in [2.05, 4.69) is 72.7 Å². The third-order valence-corrected chi connectivity index (χ3v) is 5.37. The van der Waals surface area contributed by atoms with Crippen molar-refractivity contribution >= 4 is 11.8 Å². The summed E-state index contributed by atoms with van der Waals surface area (Å²) >= 11 is 0. The largest absolute Gasteiger partial charge is 0.344 e. The van der Waals surface area contributed by atoms with Gasteiger partial charge in [0.25, 0.3) is 5.91 Å². The molecule has 0 radical (unpaired) electrons. The second-order valence-corrected chi connectivity index (χ2v) is 8.38. The van der Waals surface area contributed by atoms with E-state index < -0.39 is 0 Å². The molecule has 0 aromatic carbocycles. The monoisotopic (exact) mass is 477 g/mol. The predicted molar refractivity (Wildman–Crippen MR) is 147 cm³/mol. The summed E-state index contributed by atoms with van der Waals surface area (Å²) in [7, 11) is 3.54. The number of carbonyl (C=O) groups excluding carboxylic acids is 2. The first kappa shape index (κ1) is 29.8. The summed E-state index contributed by atoms with van der Waals surface area (Å²) in [5, 5.41) is 0. The fourth-order valence-electron chi connectivity index (χ4n) is 3.17. The van der Waals surface area contributed by atoms with Gasteiger partial charge in [0.2, 0.25) is 5.91 Å². The molecule has 0 atom stereocenters. The summed E-state index contributed by atoms with van der Waals surface area (Å²) in [4.78, 5) is 32.0. The van der Waals surface area contributed by atoms with Gasteiger partial charge in [0.15, 0.2) is 0 Å². The normalized spacial score (nSPS) is 12.1. The zero-order valence-electron chi connectivity index (χ0n) is 21.8. The Labute approximate surface area is 212 Å². The Morgan fingerprint density at radius 1 is 0.800 bits per heavy atom. The van der Waals surface area contributed by atoms with E-state index in [4.69, 9.17) is 0 Å². The van der Waals surface area contributed by atoms with Gasteiger partial charge in [0.1, 0.15) is 0 Å². The topological polar surface area (TPSA) is 53.5 Å². The van der Waals surface area contributed by atoms with E-state index in [0.29, 0.717) is 25.1 Å². The molecule has 1 heterocycles. The molecular weight excluding hydrogens is 434 g/mol. The number of aromatic nitrogens is 1. The van der Waals surface area contributed by atoms with E-state index in [1.165, 1.54) is 0 Å². The molecule has 0 fully saturated rings.